The summed E-state index contributed by atoms with van der Waals surface area (Å²) >= 11 is 0. The molecule has 0 spiro atoms. The van der Waals surface area contributed by atoms with Crippen LogP contribution < -0.4 is 5.32 Å². The van der Waals surface area contributed by atoms with Crippen LogP contribution in [0.15, 0.2) is 0 Å². The molecule has 18 heavy (non-hydrogen) atoms. The van der Waals surface area contributed by atoms with E-state index in [9.17, 15) is 4.79 Å². The Kier molecular flexibility index (Phi) is 6.65. The summed E-state index contributed by atoms with van der Waals surface area (Å²) in [5, 5.41) is 12.5. The summed E-state index contributed by atoms with van der Waals surface area (Å²) in [6.07, 6.45) is 5.02. The largest absolute Gasteiger partial charge is 0.395 e. The van der Waals surface area contributed by atoms with E-state index in [4.69, 9.17) is 5.11 Å². The number of hydrogen-bond donors (Lipinski definition) is 2. The van der Waals surface area contributed by atoms with E-state index in [0.29, 0.717) is 6.54 Å². The summed E-state index contributed by atoms with van der Waals surface area (Å²) in [6.45, 7) is 7.31. The van der Waals surface area contributed by atoms with Gasteiger partial charge in [0.15, 0.2) is 0 Å². The van der Waals surface area contributed by atoms with Crippen LogP contribution in [-0.2, 0) is 4.79 Å². The highest BCUT2D eigenvalue weighted by atomic mass is 16.3. The Labute approximate surface area is 111 Å². The van der Waals surface area contributed by atoms with Gasteiger partial charge in [-0.05, 0) is 25.8 Å². The molecule has 1 atom stereocenters. The third-order valence-corrected chi connectivity index (χ3v) is 3.86. The fourth-order valence-corrected chi connectivity index (χ4v) is 2.85. The molecule has 2 N–H and O–H groups in total. The first-order valence-corrected chi connectivity index (χ1v) is 7.31. The second-order valence-electron chi connectivity index (χ2n) is 5.33. The Bertz CT molecular complexity index is 250. The zero-order chi connectivity index (χ0) is 13.4. The number of rotatable bonds is 8. The Morgan fingerprint density at radius 1 is 1.33 bits per heavy atom. The minimum atomic E-state index is -0.211. The summed E-state index contributed by atoms with van der Waals surface area (Å²) in [6, 6.07) is 0. The minimum Gasteiger partial charge on any atom is -0.395 e. The number of aliphatic hydroxyl groups excluding tert-OH is 1. The molecule has 1 heterocycles. The standard InChI is InChI=1S/C14H28N2O2/c1-3-5-9-16(10-11-17)13(18)14(6-4-2)7-8-15-12-14/h15,17H,3-12H2,1-2H3. The highest BCUT2D eigenvalue weighted by Gasteiger charge is 2.42. The number of hydrogen-bond acceptors (Lipinski definition) is 3. The van der Waals surface area contributed by atoms with Gasteiger partial charge in [0.2, 0.25) is 5.91 Å². The smallest absolute Gasteiger partial charge is 0.230 e. The van der Waals surface area contributed by atoms with Crippen molar-refractivity contribution in [1.29, 1.82) is 0 Å². The Hall–Kier alpha value is -0.610. The maximum absolute atomic E-state index is 12.7. The maximum Gasteiger partial charge on any atom is 0.230 e. The molecule has 1 aliphatic rings. The van der Waals surface area contributed by atoms with Crippen LogP contribution in [-0.4, -0.2) is 48.7 Å². The predicted octanol–water partition coefficient (Wildman–Crippen LogP) is 1.39. The van der Waals surface area contributed by atoms with E-state index < -0.39 is 0 Å². The van der Waals surface area contributed by atoms with Gasteiger partial charge < -0.3 is 15.3 Å². The molecule has 106 valence electrons. The summed E-state index contributed by atoms with van der Waals surface area (Å²) in [5.74, 6) is 0.247. The Morgan fingerprint density at radius 3 is 2.61 bits per heavy atom. The molecule has 0 saturated carbocycles. The molecule has 1 rings (SSSR count). The van der Waals surface area contributed by atoms with Gasteiger partial charge in [0, 0.05) is 19.6 Å². The molecule has 4 heteroatoms. The van der Waals surface area contributed by atoms with Crippen LogP contribution in [0.3, 0.4) is 0 Å². The predicted molar refractivity (Wildman–Crippen MR) is 73.4 cm³/mol. The number of carbonyl (C=O) groups is 1. The Balaban J connectivity index is 2.71. The molecule has 0 radical (unpaired) electrons. The third kappa shape index (κ3) is 3.69. The van der Waals surface area contributed by atoms with Crippen LogP contribution >= 0.6 is 0 Å². The van der Waals surface area contributed by atoms with Gasteiger partial charge in [0.05, 0.1) is 12.0 Å². The average Bonchev–Trinajstić information content (AvgIpc) is 2.84. The monoisotopic (exact) mass is 256 g/mol. The van der Waals surface area contributed by atoms with Gasteiger partial charge in [-0.25, -0.2) is 0 Å². The van der Waals surface area contributed by atoms with Crippen LogP contribution in [0.2, 0.25) is 0 Å². The molecule has 1 fully saturated rings. The molecule has 1 saturated heterocycles. The van der Waals surface area contributed by atoms with E-state index in [1.54, 1.807) is 0 Å². The van der Waals surface area contributed by atoms with E-state index >= 15 is 0 Å². The minimum absolute atomic E-state index is 0.0606. The Morgan fingerprint density at radius 2 is 2.11 bits per heavy atom. The van der Waals surface area contributed by atoms with Crippen molar-refractivity contribution in [3.63, 3.8) is 0 Å². The number of aliphatic hydroxyl groups is 1. The van der Waals surface area contributed by atoms with Gasteiger partial charge in [0.1, 0.15) is 0 Å². The summed E-state index contributed by atoms with van der Waals surface area (Å²) in [4.78, 5) is 14.6. The van der Waals surface area contributed by atoms with E-state index in [2.05, 4.69) is 19.2 Å². The van der Waals surface area contributed by atoms with Gasteiger partial charge >= 0.3 is 0 Å². The molecular formula is C14H28N2O2. The van der Waals surface area contributed by atoms with Gasteiger partial charge in [-0.1, -0.05) is 26.7 Å². The first-order valence-electron chi connectivity index (χ1n) is 7.31. The van der Waals surface area contributed by atoms with Crippen molar-refractivity contribution >= 4 is 5.91 Å². The zero-order valence-corrected chi connectivity index (χ0v) is 11.9. The summed E-state index contributed by atoms with van der Waals surface area (Å²) in [5.41, 5.74) is -0.211. The van der Waals surface area contributed by atoms with Crippen molar-refractivity contribution in [3.8, 4) is 0 Å². The quantitative estimate of drug-likeness (QED) is 0.690. The fourth-order valence-electron chi connectivity index (χ4n) is 2.85. The molecule has 0 aromatic rings. The van der Waals surface area contributed by atoms with Crippen LogP contribution in [0.5, 0.6) is 0 Å². The number of nitrogens with one attached hydrogen (secondary N) is 1. The van der Waals surface area contributed by atoms with E-state index in [1.165, 1.54) is 0 Å². The lowest BCUT2D eigenvalue weighted by Gasteiger charge is -2.33. The van der Waals surface area contributed by atoms with E-state index in [-0.39, 0.29) is 17.9 Å². The lowest BCUT2D eigenvalue weighted by molar-refractivity contribution is -0.142. The topological polar surface area (TPSA) is 52.6 Å². The third-order valence-electron chi connectivity index (χ3n) is 3.86. The normalized spacial score (nSPS) is 23.3. The first-order chi connectivity index (χ1) is 8.70. The molecule has 0 bridgehead atoms. The summed E-state index contributed by atoms with van der Waals surface area (Å²) in [7, 11) is 0. The number of unbranched alkanes of at least 4 members (excludes halogenated alkanes) is 1. The molecular weight excluding hydrogens is 228 g/mol. The van der Waals surface area contributed by atoms with Crippen molar-refractivity contribution in [2.45, 2.75) is 46.0 Å². The number of nitrogens with zero attached hydrogens (tertiary/aromatic N) is 1. The van der Waals surface area contributed by atoms with Crippen molar-refractivity contribution in [1.82, 2.24) is 10.2 Å². The van der Waals surface area contributed by atoms with Gasteiger partial charge in [-0.2, -0.15) is 0 Å². The molecule has 0 aromatic carbocycles. The van der Waals surface area contributed by atoms with Crippen LogP contribution in [0.1, 0.15) is 46.0 Å². The van der Waals surface area contributed by atoms with Crippen molar-refractivity contribution < 1.29 is 9.90 Å². The van der Waals surface area contributed by atoms with Crippen LogP contribution in [0.4, 0.5) is 0 Å². The molecule has 1 amide bonds. The second-order valence-corrected chi connectivity index (χ2v) is 5.33. The van der Waals surface area contributed by atoms with Crippen LogP contribution in [0, 0.1) is 5.41 Å². The zero-order valence-electron chi connectivity index (χ0n) is 11.9. The van der Waals surface area contributed by atoms with Gasteiger partial charge in [0.25, 0.3) is 0 Å². The SMILES string of the molecule is CCCCN(CCO)C(=O)C1(CCC)CCNC1. The highest BCUT2D eigenvalue weighted by Crippen LogP contribution is 2.33. The molecule has 4 nitrogen and oxygen atoms in total. The van der Waals surface area contributed by atoms with Crippen molar-refractivity contribution in [2.24, 2.45) is 5.41 Å². The molecule has 1 aliphatic heterocycles. The number of amides is 1. The van der Waals surface area contributed by atoms with Crippen molar-refractivity contribution in [3.05, 3.63) is 0 Å². The molecule has 1 unspecified atom stereocenters. The fraction of sp³-hybridized carbons (Fsp3) is 0.929. The van der Waals surface area contributed by atoms with Crippen molar-refractivity contribution in [2.75, 3.05) is 32.8 Å². The van der Waals surface area contributed by atoms with Gasteiger partial charge in [-0.15, -0.1) is 0 Å². The molecule has 0 aromatic heterocycles. The second kappa shape index (κ2) is 7.74. The van der Waals surface area contributed by atoms with Crippen LogP contribution in [0.25, 0.3) is 0 Å². The van der Waals surface area contributed by atoms with E-state index in [0.717, 1.165) is 51.7 Å². The maximum atomic E-state index is 12.7. The average molecular weight is 256 g/mol. The highest BCUT2D eigenvalue weighted by molar-refractivity contribution is 5.83. The lowest BCUT2D eigenvalue weighted by Crippen LogP contribution is -2.46. The lowest BCUT2D eigenvalue weighted by atomic mass is 9.81. The molecule has 0 aliphatic carbocycles. The summed E-state index contributed by atoms with van der Waals surface area (Å²) < 4.78 is 0. The number of carbonyl (C=O) groups excluding carboxylic acids is 1. The first kappa shape index (κ1) is 15.4. The van der Waals surface area contributed by atoms with Gasteiger partial charge in [-0.3, -0.25) is 4.79 Å². The van der Waals surface area contributed by atoms with E-state index in [1.807, 2.05) is 4.90 Å².